The van der Waals surface area contributed by atoms with Crippen LogP contribution in [0.25, 0.3) is 0 Å². The van der Waals surface area contributed by atoms with Gasteiger partial charge in [0.1, 0.15) is 0 Å². The first-order valence-electron chi connectivity index (χ1n) is 9.81. The van der Waals surface area contributed by atoms with Crippen molar-refractivity contribution in [1.82, 2.24) is 0 Å². The first kappa shape index (κ1) is 17.7. The summed E-state index contributed by atoms with van der Waals surface area (Å²) in [5, 5.41) is 42.7. The molecule has 0 heterocycles. The highest BCUT2D eigenvalue weighted by molar-refractivity contribution is 5.41. The van der Waals surface area contributed by atoms with E-state index in [-0.39, 0.29) is 23.4 Å². The number of hydrogen-bond donors (Lipinski definition) is 4. The van der Waals surface area contributed by atoms with Gasteiger partial charge in [-0.15, -0.1) is 0 Å². The van der Waals surface area contributed by atoms with Gasteiger partial charge in [-0.2, -0.15) is 0 Å². The Kier molecular flexibility index (Phi) is 3.84. The van der Waals surface area contributed by atoms with E-state index in [2.05, 4.69) is 19.1 Å². The van der Waals surface area contributed by atoms with E-state index in [4.69, 9.17) is 0 Å². The summed E-state index contributed by atoms with van der Waals surface area (Å²) in [5.74, 6) is 0.261. The second-order valence-corrected chi connectivity index (χ2v) is 9.53. The van der Waals surface area contributed by atoms with E-state index >= 15 is 0 Å². The molecule has 4 aliphatic carbocycles. The van der Waals surface area contributed by atoms with Crippen molar-refractivity contribution in [3.8, 4) is 0 Å². The number of aliphatic hydroxyl groups excluding tert-OH is 3. The number of allylic oxidation sites excluding steroid dienone is 2. The van der Waals surface area contributed by atoms with Crippen LogP contribution in [-0.2, 0) is 0 Å². The maximum atomic E-state index is 11.2. The lowest BCUT2D eigenvalue weighted by Crippen LogP contribution is -2.59. The van der Waals surface area contributed by atoms with Crippen LogP contribution >= 0.6 is 0 Å². The lowest BCUT2D eigenvalue weighted by Gasteiger charge is -2.58. The van der Waals surface area contributed by atoms with E-state index in [1.54, 1.807) is 6.92 Å². The molecule has 0 aromatic heterocycles. The van der Waals surface area contributed by atoms with Gasteiger partial charge >= 0.3 is 0 Å². The number of rotatable bonds is 1. The van der Waals surface area contributed by atoms with Gasteiger partial charge < -0.3 is 20.4 Å². The van der Waals surface area contributed by atoms with Gasteiger partial charge in [0.2, 0.25) is 0 Å². The molecule has 4 nitrogen and oxygen atoms in total. The Labute approximate surface area is 150 Å². The molecule has 3 fully saturated rings. The Balaban J connectivity index is 1.79. The summed E-state index contributed by atoms with van der Waals surface area (Å²) in [6.45, 7) is 5.96. The SMILES string of the molecule is C[C@H](O)[C@@]1(O)CC[C@H]2C3=CC=C4CC(O)CC[C@]4(C)[C@H]3C(O)C[C@@]21C. The van der Waals surface area contributed by atoms with E-state index in [1.165, 1.54) is 11.1 Å². The molecule has 0 saturated heterocycles. The number of aliphatic hydroxyl groups is 4. The Hall–Kier alpha value is -0.680. The van der Waals surface area contributed by atoms with E-state index < -0.39 is 23.2 Å². The molecule has 0 aromatic carbocycles. The minimum Gasteiger partial charge on any atom is -0.393 e. The van der Waals surface area contributed by atoms with Crippen LogP contribution in [0.3, 0.4) is 0 Å². The maximum Gasteiger partial charge on any atom is 0.0962 e. The van der Waals surface area contributed by atoms with Crippen LogP contribution < -0.4 is 0 Å². The Morgan fingerprint density at radius 2 is 1.84 bits per heavy atom. The maximum absolute atomic E-state index is 11.2. The second kappa shape index (κ2) is 5.41. The van der Waals surface area contributed by atoms with E-state index in [1.807, 2.05) is 6.92 Å². The third-order valence-electron chi connectivity index (χ3n) is 8.39. The molecule has 8 atom stereocenters. The van der Waals surface area contributed by atoms with Gasteiger partial charge in [-0.05, 0) is 56.8 Å². The fraction of sp³-hybridized carbons (Fsp3) is 0.810. The summed E-state index contributed by atoms with van der Waals surface area (Å²) in [5.41, 5.74) is 0.763. The quantitative estimate of drug-likeness (QED) is 0.586. The first-order chi connectivity index (χ1) is 11.6. The van der Waals surface area contributed by atoms with Crippen LogP contribution in [0.4, 0.5) is 0 Å². The number of hydrogen-bond acceptors (Lipinski definition) is 4. The topological polar surface area (TPSA) is 80.9 Å². The minimum atomic E-state index is -1.14. The highest BCUT2D eigenvalue weighted by Crippen LogP contribution is 2.66. The van der Waals surface area contributed by atoms with E-state index in [0.29, 0.717) is 19.3 Å². The third kappa shape index (κ3) is 2.14. The Morgan fingerprint density at radius 1 is 1.12 bits per heavy atom. The van der Waals surface area contributed by atoms with Crippen molar-refractivity contribution in [2.24, 2.45) is 22.7 Å². The van der Waals surface area contributed by atoms with Gasteiger partial charge in [-0.1, -0.05) is 37.1 Å². The zero-order valence-electron chi connectivity index (χ0n) is 15.6. The molecular weight excluding hydrogens is 316 g/mol. The molecule has 0 spiro atoms. The van der Waals surface area contributed by atoms with E-state index in [0.717, 1.165) is 19.3 Å². The summed E-state index contributed by atoms with van der Waals surface area (Å²) < 4.78 is 0. The van der Waals surface area contributed by atoms with Crippen LogP contribution in [0, 0.1) is 22.7 Å². The molecule has 4 aliphatic rings. The average Bonchev–Trinajstić information content (AvgIpc) is 2.80. The summed E-state index contributed by atoms with van der Waals surface area (Å²) in [4.78, 5) is 0. The molecule has 140 valence electrons. The fourth-order valence-electron chi connectivity index (χ4n) is 6.84. The molecule has 4 heteroatoms. The van der Waals surface area contributed by atoms with Gasteiger partial charge in [0, 0.05) is 11.3 Å². The molecule has 0 amide bonds. The number of fused-ring (bicyclic) bond motifs is 5. The Bertz CT molecular complexity index is 638. The molecule has 3 saturated carbocycles. The van der Waals surface area contributed by atoms with Crippen LogP contribution in [0.5, 0.6) is 0 Å². The van der Waals surface area contributed by atoms with Crippen molar-refractivity contribution >= 4 is 0 Å². The molecule has 0 bridgehead atoms. The second-order valence-electron chi connectivity index (χ2n) is 9.53. The van der Waals surface area contributed by atoms with Crippen molar-refractivity contribution in [2.45, 2.75) is 83.2 Å². The zero-order chi connectivity index (χ0) is 18.2. The van der Waals surface area contributed by atoms with Crippen LogP contribution in [0.1, 0.15) is 59.3 Å². The summed E-state index contributed by atoms with van der Waals surface area (Å²) in [7, 11) is 0. The van der Waals surface area contributed by atoms with Crippen molar-refractivity contribution in [3.63, 3.8) is 0 Å². The van der Waals surface area contributed by atoms with Crippen molar-refractivity contribution in [2.75, 3.05) is 0 Å². The van der Waals surface area contributed by atoms with Crippen LogP contribution in [0.2, 0.25) is 0 Å². The molecular formula is C21H32O4. The predicted molar refractivity (Wildman–Crippen MR) is 95.7 cm³/mol. The van der Waals surface area contributed by atoms with Crippen LogP contribution in [-0.4, -0.2) is 44.3 Å². The van der Waals surface area contributed by atoms with E-state index in [9.17, 15) is 20.4 Å². The standard InChI is InChI=1S/C21H32O4/c1-12(22)21(25)9-7-16-15-5-4-13-10-14(23)6-8-19(13,2)18(15)17(24)11-20(16,21)3/h4-5,12,14,16-18,22-25H,6-11H2,1-3H3/t12-,14?,16-,17?,18+,19-,20-,21-/m0/s1. The largest absolute Gasteiger partial charge is 0.393 e. The van der Waals surface area contributed by atoms with Gasteiger partial charge in [0.05, 0.1) is 23.9 Å². The van der Waals surface area contributed by atoms with Gasteiger partial charge in [0.25, 0.3) is 0 Å². The predicted octanol–water partition coefficient (Wildman–Crippen LogP) is 2.31. The normalized spacial score (nSPS) is 53.2. The molecule has 0 radical (unpaired) electrons. The molecule has 0 aromatic rings. The summed E-state index contributed by atoms with van der Waals surface area (Å²) in [6.07, 6.45) is 7.03. The lowest BCUT2D eigenvalue weighted by molar-refractivity contribution is -0.166. The van der Waals surface area contributed by atoms with Gasteiger partial charge in [-0.3, -0.25) is 0 Å². The van der Waals surface area contributed by atoms with Crippen molar-refractivity contribution in [1.29, 1.82) is 0 Å². The molecule has 0 aliphatic heterocycles. The molecule has 4 N–H and O–H groups in total. The van der Waals surface area contributed by atoms with Crippen molar-refractivity contribution < 1.29 is 20.4 Å². The molecule has 25 heavy (non-hydrogen) atoms. The summed E-state index contributed by atoms with van der Waals surface area (Å²) in [6, 6.07) is 0. The molecule has 4 rings (SSSR count). The van der Waals surface area contributed by atoms with Crippen molar-refractivity contribution in [3.05, 3.63) is 23.3 Å². The minimum absolute atomic E-state index is 0.0643. The lowest BCUT2D eigenvalue weighted by atomic mass is 9.49. The summed E-state index contributed by atoms with van der Waals surface area (Å²) >= 11 is 0. The smallest absolute Gasteiger partial charge is 0.0962 e. The van der Waals surface area contributed by atoms with Gasteiger partial charge in [-0.25, -0.2) is 0 Å². The van der Waals surface area contributed by atoms with Gasteiger partial charge in [0.15, 0.2) is 0 Å². The Morgan fingerprint density at radius 3 is 2.52 bits per heavy atom. The first-order valence-corrected chi connectivity index (χ1v) is 9.81. The average molecular weight is 348 g/mol. The fourth-order valence-corrected chi connectivity index (χ4v) is 6.84. The highest BCUT2D eigenvalue weighted by atomic mass is 16.3. The van der Waals surface area contributed by atoms with Crippen LogP contribution in [0.15, 0.2) is 23.3 Å². The monoisotopic (exact) mass is 348 g/mol. The zero-order valence-corrected chi connectivity index (χ0v) is 15.6. The third-order valence-corrected chi connectivity index (χ3v) is 8.39. The molecule has 2 unspecified atom stereocenters. The highest BCUT2D eigenvalue weighted by Gasteiger charge is 2.65.